The van der Waals surface area contributed by atoms with Crippen LogP contribution < -0.4 is 10.6 Å². The average Bonchev–Trinajstić information content (AvgIpc) is 2.36. The minimum Gasteiger partial charge on any atom is -0.478 e. The minimum atomic E-state index is -1.33. The fourth-order valence-corrected chi connectivity index (χ4v) is 1.67. The zero-order chi connectivity index (χ0) is 16.9. The van der Waals surface area contributed by atoms with Gasteiger partial charge < -0.3 is 20.5 Å². The highest BCUT2D eigenvalue weighted by atomic mass is 19.1. The standard InChI is InChI=1S/C15H21FN2O4/c1-9(8-17-14(21)22-15(2,3)4)18-10-5-6-12(16)11(7-10)13(19)20/h5-7,9,18H,8H2,1-4H3,(H,17,21)(H,19,20). The number of nitrogens with one attached hydrogen (secondary N) is 2. The van der Waals surface area contributed by atoms with Crippen LogP contribution in [0.2, 0.25) is 0 Å². The van der Waals surface area contributed by atoms with Crippen LogP contribution >= 0.6 is 0 Å². The summed E-state index contributed by atoms with van der Waals surface area (Å²) in [7, 11) is 0. The Bertz CT molecular complexity index is 555. The van der Waals surface area contributed by atoms with Crippen LogP contribution in [0.3, 0.4) is 0 Å². The van der Waals surface area contributed by atoms with Crippen LogP contribution in [0.1, 0.15) is 38.1 Å². The number of carbonyl (C=O) groups is 2. The number of anilines is 1. The molecule has 1 aromatic carbocycles. The predicted octanol–water partition coefficient (Wildman–Crippen LogP) is 2.85. The number of carboxylic acid groups (broad SMARTS) is 1. The molecule has 7 heteroatoms. The SMILES string of the molecule is CC(CNC(=O)OC(C)(C)C)Nc1ccc(F)c(C(=O)O)c1. The molecule has 0 aliphatic rings. The molecule has 1 amide bonds. The second kappa shape index (κ2) is 7.11. The highest BCUT2D eigenvalue weighted by Crippen LogP contribution is 2.15. The van der Waals surface area contributed by atoms with Crippen molar-refractivity contribution in [3.63, 3.8) is 0 Å². The number of amides is 1. The van der Waals surface area contributed by atoms with E-state index in [2.05, 4.69) is 10.6 Å². The van der Waals surface area contributed by atoms with Crippen molar-refractivity contribution < 1.29 is 23.8 Å². The van der Waals surface area contributed by atoms with E-state index in [0.29, 0.717) is 5.69 Å². The Morgan fingerprint density at radius 1 is 1.36 bits per heavy atom. The number of alkyl carbamates (subject to hydrolysis) is 1. The van der Waals surface area contributed by atoms with E-state index in [-0.39, 0.29) is 12.6 Å². The lowest BCUT2D eigenvalue weighted by Gasteiger charge is -2.21. The van der Waals surface area contributed by atoms with Gasteiger partial charge >= 0.3 is 12.1 Å². The lowest BCUT2D eigenvalue weighted by Crippen LogP contribution is -2.38. The fourth-order valence-electron chi connectivity index (χ4n) is 1.67. The van der Waals surface area contributed by atoms with Crippen LogP contribution in [0.25, 0.3) is 0 Å². The summed E-state index contributed by atoms with van der Waals surface area (Å²) in [5.74, 6) is -2.13. The van der Waals surface area contributed by atoms with Crippen molar-refractivity contribution in [3.05, 3.63) is 29.6 Å². The molecule has 0 aromatic heterocycles. The van der Waals surface area contributed by atoms with Crippen molar-refractivity contribution >= 4 is 17.7 Å². The average molecular weight is 312 g/mol. The molecule has 1 rings (SSSR count). The number of aromatic carboxylic acids is 1. The van der Waals surface area contributed by atoms with E-state index in [4.69, 9.17) is 9.84 Å². The topological polar surface area (TPSA) is 87.7 Å². The van der Waals surface area contributed by atoms with Gasteiger partial charge in [0.1, 0.15) is 11.4 Å². The van der Waals surface area contributed by atoms with Crippen LogP contribution in [0.15, 0.2) is 18.2 Å². The van der Waals surface area contributed by atoms with Gasteiger partial charge in [0.2, 0.25) is 0 Å². The van der Waals surface area contributed by atoms with Gasteiger partial charge in [-0.05, 0) is 45.9 Å². The molecular weight excluding hydrogens is 291 g/mol. The third-order valence-electron chi connectivity index (χ3n) is 2.56. The largest absolute Gasteiger partial charge is 0.478 e. The number of hydrogen-bond donors (Lipinski definition) is 3. The van der Waals surface area contributed by atoms with Crippen molar-refractivity contribution in [2.24, 2.45) is 0 Å². The molecule has 0 heterocycles. The van der Waals surface area contributed by atoms with Crippen LogP contribution in [0.5, 0.6) is 0 Å². The number of ether oxygens (including phenoxy) is 1. The second-order valence-corrected chi connectivity index (χ2v) is 5.93. The highest BCUT2D eigenvalue weighted by Gasteiger charge is 2.17. The maximum Gasteiger partial charge on any atom is 0.407 e. The number of rotatable bonds is 5. The first kappa shape index (κ1) is 17.7. The van der Waals surface area contributed by atoms with Gasteiger partial charge in [-0.25, -0.2) is 14.0 Å². The molecule has 3 N–H and O–H groups in total. The third-order valence-corrected chi connectivity index (χ3v) is 2.56. The minimum absolute atomic E-state index is 0.195. The molecular formula is C15H21FN2O4. The van der Waals surface area contributed by atoms with Crippen molar-refractivity contribution in [3.8, 4) is 0 Å². The van der Waals surface area contributed by atoms with Gasteiger partial charge in [0.15, 0.2) is 0 Å². The second-order valence-electron chi connectivity index (χ2n) is 5.93. The summed E-state index contributed by atoms with van der Waals surface area (Å²) in [6, 6.07) is 3.53. The van der Waals surface area contributed by atoms with Crippen molar-refractivity contribution in [2.75, 3.05) is 11.9 Å². The van der Waals surface area contributed by atoms with Gasteiger partial charge in [-0.15, -0.1) is 0 Å². The number of halogens is 1. The number of hydrogen-bond acceptors (Lipinski definition) is 4. The lowest BCUT2D eigenvalue weighted by atomic mass is 10.1. The van der Waals surface area contributed by atoms with Gasteiger partial charge in [-0.2, -0.15) is 0 Å². The molecule has 0 saturated heterocycles. The van der Waals surface area contributed by atoms with E-state index in [1.54, 1.807) is 27.7 Å². The molecule has 0 spiro atoms. The maximum atomic E-state index is 13.3. The quantitative estimate of drug-likeness (QED) is 0.778. The molecule has 1 unspecified atom stereocenters. The molecule has 1 aromatic rings. The van der Waals surface area contributed by atoms with Gasteiger partial charge in [-0.3, -0.25) is 0 Å². The molecule has 0 aliphatic carbocycles. The molecule has 122 valence electrons. The van der Waals surface area contributed by atoms with Gasteiger partial charge in [0.05, 0.1) is 5.56 Å². The Labute approximate surface area is 128 Å². The first-order valence-corrected chi connectivity index (χ1v) is 6.84. The molecule has 22 heavy (non-hydrogen) atoms. The molecule has 6 nitrogen and oxygen atoms in total. The van der Waals surface area contributed by atoms with E-state index in [9.17, 15) is 14.0 Å². The van der Waals surface area contributed by atoms with Crippen LogP contribution in [0, 0.1) is 5.82 Å². The van der Waals surface area contributed by atoms with E-state index >= 15 is 0 Å². The number of carbonyl (C=O) groups excluding carboxylic acids is 1. The van der Waals surface area contributed by atoms with Crippen molar-refractivity contribution in [1.82, 2.24) is 5.32 Å². The summed E-state index contributed by atoms with van der Waals surface area (Å²) in [4.78, 5) is 22.4. The number of carboxylic acids is 1. The fraction of sp³-hybridized carbons (Fsp3) is 0.467. The van der Waals surface area contributed by atoms with Gasteiger partial charge in [-0.1, -0.05) is 0 Å². The van der Waals surface area contributed by atoms with Crippen LogP contribution in [0.4, 0.5) is 14.9 Å². The third kappa shape index (κ3) is 5.99. The number of benzene rings is 1. The van der Waals surface area contributed by atoms with Crippen LogP contribution in [-0.2, 0) is 4.74 Å². The summed E-state index contributed by atoms with van der Waals surface area (Å²) in [5, 5.41) is 14.4. The molecule has 0 bridgehead atoms. The summed E-state index contributed by atoms with van der Waals surface area (Å²) < 4.78 is 18.4. The monoisotopic (exact) mass is 312 g/mol. The normalized spacial score (nSPS) is 12.4. The maximum absolute atomic E-state index is 13.3. The molecule has 0 saturated carbocycles. The Balaban J connectivity index is 2.55. The summed E-state index contributed by atoms with van der Waals surface area (Å²) in [5.41, 5.74) is -0.525. The molecule has 1 atom stereocenters. The van der Waals surface area contributed by atoms with Gasteiger partial charge in [0, 0.05) is 18.3 Å². The zero-order valence-electron chi connectivity index (χ0n) is 13.1. The molecule has 0 aliphatic heterocycles. The molecule has 0 radical (unpaired) electrons. The van der Waals surface area contributed by atoms with E-state index < -0.39 is 29.0 Å². The smallest absolute Gasteiger partial charge is 0.407 e. The van der Waals surface area contributed by atoms with Crippen LogP contribution in [-0.4, -0.2) is 35.4 Å². The Morgan fingerprint density at radius 3 is 2.55 bits per heavy atom. The summed E-state index contributed by atoms with van der Waals surface area (Å²) in [6.07, 6.45) is -0.536. The zero-order valence-corrected chi connectivity index (χ0v) is 13.1. The van der Waals surface area contributed by atoms with Crippen molar-refractivity contribution in [2.45, 2.75) is 39.3 Å². The summed E-state index contributed by atoms with van der Waals surface area (Å²) >= 11 is 0. The predicted molar refractivity (Wildman–Crippen MR) is 80.7 cm³/mol. The first-order chi connectivity index (χ1) is 10.1. The first-order valence-electron chi connectivity index (χ1n) is 6.84. The lowest BCUT2D eigenvalue weighted by molar-refractivity contribution is 0.0525. The highest BCUT2D eigenvalue weighted by molar-refractivity contribution is 5.89. The summed E-state index contributed by atoms with van der Waals surface area (Å²) in [6.45, 7) is 7.36. The van der Waals surface area contributed by atoms with E-state index in [1.165, 1.54) is 12.1 Å². The van der Waals surface area contributed by atoms with Crippen molar-refractivity contribution in [1.29, 1.82) is 0 Å². The molecule has 0 fully saturated rings. The Hall–Kier alpha value is -2.31. The van der Waals surface area contributed by atoms with E-state index in [1.807, 2.05) is 0 Å². The van der Waals surface area contributed by atoms with E-state index in [0.717, 1.165) is 6.07 Å². The Morgan fingerprint density at radius 2 is 2.00 bits per heavy atom. The van der Waals surface area contributed by atoms with Gasteiger partial charge in [0.25, 0.3) is 0 Å². The Kier molecular flexibility index (Phi) is 5.73.